The van der Waals surface area contributed by atoms with Gasteiger partial charge in [-0.1, -0.05) is 133 Å². The highest BCUT2D eigenvalue weighted by atomic mass is 15.0. The summed E-state index contributed by atoms with van der Waals surface area (Å²) in [6.45, 7) is 0. The maximum absolute atomic E-state index is 4.67. The van der Waals surface area contributed by atoms with Gasteiger partial charge in [0.05, 0.1) is 44.1 Å². The van der Waals surface area contributed by atoms with Crippen LogP contribution in [0.1, 0.15) is 0 Å². The average Bonchev–Trinajstić information content (AvgIpc) is 4.05. The van der Waals surface area contributed by atoms with Gasteiger partial charge in [0.1, 0.15) is 0 Å². The molecule has 0 radical (unpaired) electrons. The van der Waals surface area contributed by atoms with Crippen LogP contribution in [-0.4, -0.2) is 23.7 Å². The Kier molecular flexibility index (Phi) is 8.00. The van der Waals surface area contributed by atoms with Crippen molar-refractivity contribution in [1.29, 1.82) is 0 Å². The predicted octanol–water partition coefficient (Wildman–Crippen LogP) is 16.6. The zero-order chi connectivity index (χ0) is 45.2. The lowest BCUT2D eigenvalue weighted by Gasteiger charge is -2.12. The van der Waals surface area contributed by atoms with E-state index in [1.165, 1.54) is 81.5 Å². The molecule has 0 aliphatic heterocycles. The van der Waals surface area contributed by atoms with E-state index in [0.29, 0.717) is 0 Å². The summed E-state index contributed by atoms with van der Waals surface area (Å²) >= 11 is 0. The van der Waals surface area contributed by atoms with Crippen LogP contribution in [0, 0.1) is 0 Å². The lowest BCUT2D eigenvalue weighted by Crippen LogP contribution is -1.95. The fourth-order valence-electron chi connectivity index (χ4n) is 11.3. The van der Waals surface area contributed by atoms with Crippen molar-refractivity contribution in [2.24, 2.45) is 0 Å². The van der Waals surface area contributed by atoms with Gasteiger partial charge < -0.3 is 13.7 Å². The van der Waals surface area contributed by atoms with E-state index < -0.39 is 0 Å². The molecule has 0 amide bonds. The lowest BCUT2D eigenvalue weighted by molar-refractivity contribution is 1.18. The SMILES string of the molecule is c1ccc(-n2c3ccccc3c3ccc(-c4ccc5c(c4)c4cc(-c6ccc7c8ccccc8n(-c8ccc9nccnc9c8)c7c6)ccc4n5-c4ccc5c(ccc6ccccc65)c4)cc32)cc1. The van der Waals surface area contributed by atoms with Crippen molar-refractivity contribution in [3.05, 3.63) is 237 Å². The molecule has 69 heavy (non-hydrogen) atoms. The standard InChI is InChI=1S/C64H39N5/c1-2-11-46(12-3-1)67-59-16-8-6-14-51(59)53-26-20-43(37-63(53)67)41-22-30-61-55(35-41)56-36-42(23-31-62(56)68(61)47-24-28-50-45(34-47)19-18-40-10-4-5-13-49(40)50)44-21-27-54-52-15-7-9-17-60(52)69(64(54)38-44)48-25-29-57-58(39-48)66-33-32-65-57/h1-39H. The third kappa shape index (κ3) is 5.71. The van der Waals surface area contributed by atoms with Crippen LogP contribution in [0.15, 0.2) is 237 Å². The van der Waals surface area contributed by atoms with E-state index in [-0.39, 0.29) is 0 Å². The molecule has 5 nitrogen and oxygen atoms in total. The first-order chi connectivity index (χ1) is 34.2. The van der Waals surface area contributed by atoms with Crippen molar-refractivity contribution in [2.45, 2.75) is 0 Å². The summed E-state index contributed by atoms with van der Waals surface area (Å²) in [5.74, 6) is 0. The van der Waals surface area contributed by atoms with Crippen molar-refractivity contribution >= 4 is 98.0 Å². The van der Waals surface area contributed by atoms with Crippen LogP contribution < -0.4 is 0 Å². The van der Waals surface area contributed by atoms with Crippen LogP contribution in [0.4, 0.5) is 0 Å². The molecule has 5 heteroatoms. The monoisotopic (exact) mass is 877 g/mol. The molecule has 0 saturated heterocycles. The van der Waals surface area contributed by atoms with Gasteiger partial charge >= 0.3 is 0 Å². The first kappa shape index (κ1) is 37.9. The van der Waals surface area contributed by atoms with Crippen molar-refractivity contribution in [3.63, 3.8) is 0 Å². The first-order valence-corrected chi connectivity index (χ1v) is 23.5. The van der Waals surface area contributed by atoms with Gasteiger partial charge in [0, 0.05) is 61.8 Å². The van der Waals surface area contributed by atoms with Gasteiger partial charge in [-0.2, -0.15) is 0 Å². The highest BCUT2D eigenvalue weighted by Crippen LogP contribution is 2.42. The van der Waals surface area contributed by atoms with Crippen LogP contribution >= 0.6 is 0 Å². The van der Waals surface area contributed by atoms with Crippen molar-refractivity contribution < 1.29 is 0 Å². The Hall–Kier alpha value is -9.32. The summed E-state index contributed by atoms with van der Waals surface area (Å²) in [5.41, 5.74) is 16.8. The normalized spacial score (nSPS) is 12.1. The molecule has 4 aromatic heterocycles. The van der Waals surface area contributed by atoms with E-state index in [1.54, 1.807) is 12.4 Å². The van der Waals surface area contributed by atoms with Crippen LogP contribution in [0.5, 0.6) is 0 Å². The second-order valence-corrected chi connectivity index (χ2v) is 18.2. The molecule has 0 N–H and O–H groups in total. The summed E-state index contributed by atoms with van der Waals surface area (Å²) in [4.78, 5) is 9.22. The Labute approximate surface area is 396 Å². The van der Waals surface area contributed by atoms with Gasteiger partial charge in [-0.25, -0.2) is 0 Å². The number of fused-ring (bicyclic) bond motifs is 13. The van der Waals surface area contributed by atoms with Gasteiger partial charge in [-0.3, -0.25) is 9.97 Å². The highest BCUT2D eigenvalue weighted by molar-refractivity contribution is 6.15. The molecule has 15 aromatic rings. The maximum atomic E-state index is 4.67. The lowest BCUT2D eigenvalue weighted by atomic mass is 9.99. The molecule has 320 valence electrons. The Bertz CT molecular complexity index is 4610. The van der Waals surface area contributed by atoms with Gasteiger partial charge in [0.2, 0.25) is 0 Å². The molecule has 0 aliphatic carbocycles. The van der Waals surface area contributed by atoms with Gasteiger partial charge in [0.25, 0.3) is 0 Å². The largest absolute Gasteiger partial charge is 0.309 e. The third-order valence-corrected chi connectivity index (χ3v) is 14.5. The van der Waals surface area contributed by atoms with Crippen molar-refractivity contribution in [1.82, 2.24) is 23.7 Å². The fourth-order valence-corrected chi connectivity index (χ4v) is 11.3. The second-order valence-electron chi connectivity index (χ2n) is 18.2. The van der Waals surface area contributed by atoms with Gasteiger partial charge in [-0.05, 0) is 135 Å². The van der Waals surface area contributed by atoms with E-state index in [4.69, 9.17) is 0 Å². The number of para-hydroxylation sites is 3. The smallest absolute Gasteiger partial charge is 0.0907 e. The molecule has 0 spiro atoms. The Morgan fingerprint density at radius 2 is 0.681 bits per heavy atom. The van der Waals surface area contributed by atoms with E-state index in [9.17, 15) is 0 Å². The van der Waals surface area contributed by atoms with Crippen LogP contribution in [0.3, 0.4) is 0 Å². The molecule has 15 rings (SSSR count). The molecule has 0 aliphatic rings. The Morgan fingerprint density at radius 1 is 0.232 bits per heavy atom. The minimum absolute atomic E-state index is 0.872. The van der Waals surface area contributed by atoms with Crippen LogP contribution in [0.25, 0.3) is 137 Å². The summed E-state index contributed by atoms with van der Waals surface area (Å²) in [6, 6.07) is 82.6. The number of nitrogens with zero attached hydrogens (tertiary/aromatic N) is 5. The molecule has 0 atom stereocenters. The van der Waals surface area contributed by atoms with E-state index >= 15 is 0 Å². The Balaban J connectivity index is 0.948. The van der Waals surface area contributed by atoms with Crippen LogP contribution in [0.2, 0.25) is 0 Å². The van der Waals surface area contributed by atoms with Gasteiger partial charge in [-0.15, -0.1) is 0 Å². The summed E-state index contributed by atoms with van der Waals surface area (Å²) in [7, 11) is 0. The number of aromatic nitrogens is 5. The number of hydrogen-bond acceptors (Lipinski definition) is 2. The Morgan fingerprint density at radius 3 is 1.36 bits per heavy atom. The predicted molar refractivity (Wildman–Crippen MR) is 288 cm³/mol. The minimum atomic E-state index is 0.872. The zero-order valence-electron chi connectivity index (χ0n) is 37.3. The molecular formula is C64H39N5. The summed E-state index contributed by atoms with van der Waals surface area (Å²) in [5, 5.41) is 12.3. The molecule has 0 saturated carbocycles. The molecule has 4 heterocycles. The third-order valence-electron chi connectivity index (χ3n) is 14.5. The van der Waals surface area contributed by atoms with Crippen molar-refractivity contribution in [3.8, 4) is 39.3 Å². The topological polar surface area (TPSA) is 40.6 Å². The fraction of sp³-hybridized carbons (Fsp3) is 0. The average molecular weight is 878 g/mol. The number of rotatable bonds is 5. The molecule has 11 aromatic carbocycles. The summed E-state index contributed by atoms with van der Waals surface area (Å²) in [6.07, 6.45) is 3.51. The molecule has 0 bridgehead atoms. The van der Waals surface area contributed by atoms with Crippen molar-refractivity contribution in [2.75, 3.05) is 0 Å². The van der Waals surface area contributed by atoms with E-state index in [2.05, 4.69) is 248 Å². The van der Waals surface area contributed by atoms with Gasteiger partial charge in [0.15, 0.2) is 0 Å². The summed E-state index contributed by atoms with van der Waals surface area (Å²) < 4.78 is 7.22. The molecular weight excluding hydrogens is 839 g/mol. The van der Waals surface area contributed by atoms with E-state index in [1.807, 2.05) is 0 Å². The number of hydrogen-bond donors (Lipinski definition) is 0. The molecule has 0 unspecified atom stereocenters. The maximum Gasteiger partial charge on any atom is 0.0907 e. The highest BCUT2D eigenvalue weighted by Gasteiger charge is 2.19. The molecule has 0 fully saturated rings. The quantitative estimate of drug-likeness (QED) is 0.162. The minimum Gasteiger partial charge on any atom is -0.309 e. The first-order valence-electron chi connectivity index (χ1n) is 23.5. The zero-order valence-corrected chi connectivity index (χ0v) is 37.3. The second kappa shape index (κ2) is 14.6. The van der Waals surface area contributed by atoms with E-state index in [0.717, 1.165) is 55.8 Å². The number of benzene rings is 11. The van der Waals surface area contributed by atoms with Crippen LogP contribution in [-0.2, 0) is 0 Å².